The lowest BCUT2D eigenvalue weighted by Crippen LogP contribution is -2.01. The fourth-order valence-electron chi connectivity index (χ4n) is 3.20. The number of carbonyl (C=O) groups is 2. The minimum atomic E-state index is -1.05. The van der Waals surface area contributed by atoms with Gasteiger partial charge in [-0.05, 0) is 42.0 Å². The largest absolute Gasteiger partial charge is 0.478 e. The van der Waals surface area contributed by atoms with Crippen molar-refractivity contribution >= 4 is 22.8 Å². The van der Waals surface area contributed by atoms with Gasteiger partial charge in [-0.1, -0.05) is 48.2 Å². The van der Waals surface area contributed by atoms with Gasteiger partial charge >= 0.3 is 11.9 Å². The first kappa shape index (κ1) is 18.1. The van der Waals surface area contributed by atoms with Crippen LogP contribution in [0.3, 0.4) is 0 Å². The first-order valence-corrected chi connectivity index (χ1v) is 8.83. The van der Waals surface area contributed by atoms with Crippen LogP contribution in [0.1, 0.15) is 32.0 Å². The Hall–Kier alpha value is -4.30. The summed E-state index contributed by atoms with van der Waals surface area (Å²) in [5, 5.41) is 19.6. The van der Waals surface area contributed by atoms with Gasteiger partial charge in [0.1, 0.15) is 5.69 Å². The Labute approximate surface area is 166 Å². The number of fused-ring (bicyclic) bond motifs is 1. The molecule has 1 heterocycles. The van der Waals surface area contributed by atoms with Crippen LogP contribution in [-0.4, -0.2) is 27.1 Å². The standard InChI is InChI=1S/C24H15NO4/c26-23(27)19-8-4-7-16(10-9-15-5-2-1-3-6-15)22(19)18-12-11-17-13-21(24(28)29)25-20(17)14-18/h1-8,11-14,25H,(H,26,27)(H,28,29). The zero-order chi connectivity index (χ0) is 20.4. The summed E-state index contributed by atoms with van der Waals surface area (Å²) >= 11 is 0. The summed E-state index contributed by atoms with van der Waals surface area (Å²) in [4.78, 5) is 25.9. The van der Waals surface area contributed by atoms with Crippen LogP contribution in [0.15, 0.2) is 72.8 Å². The van der Waals surface area contributed by atoms with Gasteiger partial charge in [0.05, 0.1) is 5.56 Å². The molecule has 5 heteroatoms. The van der Waals surface area contributed by atoms with Crippen LogP contribution in [0, 0.1) is 11.8 Å². The molecule has 0 aliphatic heterocycles. The molecule has 4 aromatic rings. The highest BCUT2D eigenvalue weighted by atomic mass is 16.4. The normalized spacial score (nSPS) is 10.3. The second-order valence-corrected chi connectivity index (χ2v) is 6.44. The first-order valence-electron chi connectivity index (χ1n) is 8.83. The summed E-state index contributed by atoms with van der Waals surface area (Å²) < 4.78 is 0. The molecule has 3 N–H and O–H groups in total. The molecule has 0 aliphatic rings. The predicted molar refractivity (Wildman–Crippen MR) is 110 cm³/mol. The number of nitrogens with one attached hydrogen (secondary N) is 1. The summed E-state index contributed by atoms with van der Waals surface area (Å²) in [6.45, 7) is 0. The Morgan fingerprint density at radius 2 is 1.59 bits per heavy atom. The lowest BCUT2D eigenvalue weighted by molar-refractivity contribution is 0.0683. The molecule has 0 amide bonds. The summed E-state index contributed by atoms with van der Waals surface area (Å²) in [6, 6.07) is 21.2. The molecule has 0 aliphatic carbocycles. The summed E-state index contributed by atoms with van der Waals surface area (Å²) in [5.41, 5.74) is 3.37. The second kappa shape index (κ2) is 7.37. The number of carboxylic acid groups (broad SMARTS) is 2. The molecule has 3 aromatic carbocycles. The van der Waals surface area contributed by atoms with E-state index >= 15 is 0 Å². The van der Waals surface area contributed by atoms with E-state index < -0.39 is 11.9 Å². The molecule has 0 spiro atoms. The van der Waals surface area contributed by atoms with Crippen LogP contribution in [0.5, 0.6) is 0 Å². The fraction of sp³-hybridized carbons (Fsp3) is 0. The number of aromatic amines is 1. The number of aromatic carboxylic acids is 2. The molecular formula is C24H15NO4. The molecule has 0 radical (unpaired) electrons. The maximum atomic E-state index is 11.8. The van der Waals surface area contributed by atoms with Gasteiger partial charge in [-0.25, -0.2) is 9.59 Å². The Kier molecular flexibility index (Phi) is 4.60. The Morgan fingerprint density at radius 3 is 2.31 bits per heavy atom. The molecule has 0 saturated carbocycles. The van der Waals surface area contributed by atoms with Crippen molar-refractivity contribution in [2.45, 2.75) is 0 Å². The van der Waals surface area contributed by atoms with Gasteiger partial charge in [0.2, 0.25) is 0 Å². The highest BCUT2D eigenvalue weighted by Gasteiger charge is 2.16. The summed E-state index contributed by atoms with van der Waals surface area (Å²) in [6.07, 6.45) is 0. The number of aromatic nitrogens is 1. The minimum Gasteiger partial charge on any atom is -0.478 e. The number of hydrogen-bond acceptors (Lipinski definition) is 2. The summed E-state index contributed by atoms with van der Waals surface area (Å²) in [5.74, 6) is 4.03. The number of benzene rings is 3. The maximum absolute atomic E-state index is 11.8. The highest BCUT2D eigenvalue weighted by Crippen LogP contribution is 2.30. The fourth-order valence-corrected chi connectivity index (χ4v) is 3.20. The zero-order valence-corrected chi connectivity index (χ0v) is 15.1. The Morgan fingerprint density at radius 1 is 0.793 bits per heavy atom. The third-order valence-corrected chi connectivity index (χ3v) is 4.55. The minimum absolute atomic E-state index is 0.0766. The SMILES string of the molecule is O=C(O)c1cc2ccc(-c3c(C#Cc4ccccc4)cccc3C(=O)O)cc2[nH]1. The Balaban J connectivity index is 1.90. The smallest absolute Gasteiger partial charge is 0.352 e. The van der Waals surface area contributed by atoms with Crippen molar-refractivity contribution in [3.05, 3.63) is 95.2 Å². The van der Waals surface area contributed by atoms with E-state index in [0.29, 0.717) is 22.2 Å². The molecule has 0 atom stereocenters. The van der Waals surface area contributed by atoms with Crippen LogP contribution in [0.25, 0.3) is 22.0 Å². The average molecular weight is 381 g/mol. The summed E-state index contributed by atoms with van der Waals surface area (Å²) in [7, 11) is 0. The third kappa shape index (κ3) is 3.60. The monoisotopic (exact) mass is 381 g/mol. The maximum Gasteiger partial charge on any atom is 0.352 e. The molecule has 0 fully saturated rings. The number of carboxylic acids is 2. The lowest BCUT2D eigenvalue weighted by atomic mass is 9.93. The average Bonchev–Trinajstić information content (AvgIpc) is 3.16. The van der Waals surface area contributed by atoms with Gasteiger partial charge in [-0.3, -0.25) is 0 Å². The van der Waals surface area contributed by atoms with Gasteiger partial charge in [0, 0.05) is 27.6 Å². The van der Waals surface area contributed by atoms with E-state index in [4.69, 9.17) is 0 Å². The molecule has 4 rings (SSSR count). The molecule has 0 saturated heterocycles. The molecule has 1 aromatic heterocycles. The van der Waals surface area contributed by atoms with E-state index in [0.717, 1.165) is 10.9 Å². The van der Waals surface area contributed by atoms with E-state index in [1.165, 1.54) is 6.07 Å². The van der Waals surface area contributed by atoms with Crippen LogP contribution < -0.4 is 0 Å². The van der Waals surface area contributed by atoms with Gasteiger partial charge in [0.25, 0.3) is 0 Å². The van der Waals surface area contributed by atoms with Gasteiger partial charge in [-0.15, -0.1) is 0 Å². The van der Waals surface area contributed by atoms with Crippen molar-refractivity contribution in [3.63, 3.8) is 0 Å². The van der Waals surface area contributed by atoms with E-state index in [1.807, 2.05) is 30.3 Å². The van der Waals surface area contributed by atoms with Crippen LogP contribution in [0.4, 0.5) is 0 Å². The number of rotatable bonds is 3. The van der Waals surface area contributed by atoms with Crippen molar-refractivity contribution in [2.24, 2.45) is 0 Å². The highest BCUT2D eigenvalue weighted by molar-refractivity contribution is 6.00. The van der Waals surface area contributed by atoms with Gasteiger partial charge in [0.15, 0.2) is 0 Å². The number of hydrogen-bond donors (Lipinski definition) is 3. The van der Waals surface area contributed by atoms with Crippen LogP contribution in [-0.2, 0) is 0 Å². The van der Waals surface area contributed by atoms with Crippen LogP contribution in [0.2, 0.25) is 0 Å². The van der Waals surface area contributed by atoms with Crippen molar-refractivity contribution in [1.82, 2.24) is 4.98 Å². The quantitative estimate of drug-likeness (QED) is 0.451. The zero-order valence-electron chi connectivity index (χ0n) is 15.1. The lowest BCUT2D eigenvalue weighted by Gasteiger charge is -2.09. The molecular weight excluding hydrogens is 366 g/mol. The Bertz CT molecular complexity index is 1310. The van der Waals surface area contributed by atoms with Crippen molar-refractivity contribution in [1.29, 1.82) is 0 Å². The second-order valence-electron chi connectivity index (χ2n) is 6.44. The van der Waals surface area contributed by atoms with E-state index in [2.05, 4.69) is 16.8 Å². The topological polar surface area (TPSA) is 90.4 Å². The van der Waals surface area contributed by atoms with E-state index in [9.17, 15) is 19.8 Å². The molecule has 29 heavy (non-hydrogen) atoms. The molecule has 0 unspecified atom stereocenters. The predicted octanol–water partition coefficient (Wildman–Crippen LogP) is 4.63. The third-order valence-electron chi connectivity index (χ3n) is 4.55. The molecule has 0 bridgehead atoms. The van der Waals surface area contributed by atoms with Crippen molar-refractivity contribution < 1.29 is 19.8 Å². The van der Waals surface area contributed by atoms with Crippen LogP contribution >= 0.6 is 0 Å². The molecule has 140 valence electrons. The van der Waals surface area contributed by atoms with E-state index in [1.54, 1.807) is 36.4 Å². The van der Waals surface area contributed by atoms with Gasteiger partial charge in [-0.2, -0.15) is 0 Å². The van der Waals surface area contributed by atoms with E-state index in [-0.39, 0.29) is 11.3 Å². The van der Waals surface area contributed by atoms with Crippen molar-refractivity contribution in [3.8, 4) is 23.0 Å². The number of H-pyrrole nitrogens is 1. The van der Waals surface area contributed by atoms with Gasteiger partial charge < -0.3 is 15.2 Å². The van der Waals surface area contributed by atoms with Crippen molar-refractivity contribution in [2.75, 3.05) is 0 Å². The first-order chi connectivity index (χ1) is 14.0. The molecule has 5 nitrogen and oxygen atoms in total.